The van der Waals surface area contributed by atoms with Crippen LogP contribution in [0.4, 0.5) is 0 Å². The third-order valence-electron chi connectivity index (χ3n) is 3.34. The Morgan fingerprint density at radius 3 is 2.71 bits per heavy atom. The molecule has 82 valence electrons. The van der Waals surface area contributed by atoms with Crippen LogP contribution >= 0.6 is 11.8 Å². The van der Waals surface area contributed by atoms with Gasteiger partial charge in [0.15, 0.2) is 0 Å². The zero-order chi connectivity index (χ0) is 9.86. The first-order valence-corrected chi connectivity index (χ1v) is 6.89. The molecule has 1 saturated carbocycles. The van der Waals surface area contributed by atoms with Crippen molar-refractivity contribution in [3.63, 3.8) is 0 Å². The van der Waals surface area contributed by atoms with E-state index in [2.05, 4.69) is 24.0 Å². The molecule has 3 heteroatoms. The molecule has 1 aliphatic carbocycles. The summed E-state index contributed by atoms with van der Waals surface area (Å²) in [5, 5.41) is 3.67. The Kier molecular flexibility index (Phi) is 3.74. The van der Waals surface area contributed by atoms with Crippen LogP contribution in [0, 0.1) is 5.41 Å². The maximum absolute atomic E-state index is 5.42. The minimum atomic E-state index is 0.620. The largest absolute Gasteiger partial charge is 0.382 e. The summed E-state index contributed by atoms with van der Waals surface area (Å²) in [5.74, 6) is 2.64. The molecule has 1 N–H and O–H groups in total. The minimum absolute atomic E-state index is 0.620. The van der Waals surface area contributed by atoms with Crippen molar-refractivity contribution < 1.29 is 4.74 Å². The van der Waals surface area contributed by atoms with Gasteiger partial charge in [0.1, 0.15) is 0 Å². The van der Waals surface area contributed by atoms with Gasteiger partial charge in [-0.2, -0.15) is 11.8 Å². The van der Waals surface area contributed by atoms with Gasteiger partial charge in [0.05, 0.1) is 0 Å². The summed E-state index contributed by atoms with van der Waals surface area (Å²) in [5.41, 5.74) is 0.620. The van der Waals surface area contributed by atoms with Gasteiger partial charge in [0, 0.05) is 37.3 Å². The van der Waals surface area contributed by atoms with Crippen molar-refractivity contribution >= 4 is 11.8 Å². The topological polar surface area (TPSA) is 21.3 Å². The fraction of sp³-hybridized carbons (Fsp3) is 1.00. The van der Waals surface area contributed by atoms with Crippen molar-refractivity contribution in [2.45, 2.75) is 32.2 Å². The number of nitrogens with one attached hydrogen (secondary N) is 1. The molecule has 0 atom stereocenters. The first-order valence-electron chi connectivity index (χ1n) is 5.73. The minimum Gasteiger partial charge on any atom is -0.382 e. The van der Waals surface area contributed by atoms with Crippen LogP contribution in [0.2, 0.25) is 0 Å². The summed E-state index contributed by atoms with van der Waals surface area (Å²) in [6.45, 7) is 5.12. The Morgan fingerprint density at radius 1 is 1.43 bits per heavy atom. The zero-order valence-corrected chi connectivity index (χ0v) is 9.87. The average Bonchev–Trinajstić information content (AvgIpc) is 2.83. The van der Waals surface area contributed by atoms with Gasteiger partial charge < -0.3 is 10.1 Å². The summed E-state index contributed by atoms with van der Waals surface area (Å²) < 4.78 is 5.42. The molecule has 1 saturated heterocycles. The monoisotopic (exact) mass is 215 g/mol. The van der Waals surface area contributed by atoms with Crippen LogP contribution in [0.3, 0.4) is 0 Å². The van der Waals surface area contributed by atoms with Crippen molar-refractivity contribution in [3.05, 3.63) is 0 Å². The summed E-state index contributed by atoms with van der Waals surface area (Å²) in [6.07, 6.45) is 4.08. The highest BCUT2D eigenvalue weighted by Crippen LogP contribution is 2.48. The highest BCUT2D eigenvalue weighted by Gasteiger charge is 2.42. The smallest absolute Gasteiger partial charge is 0.0471 e. The SMILES string of the molecule is CCOCCC1(CNC2CSC2)CC1. The Bertz CT molecular complexity index is 178. The number of hydrogen-bond acceptors (Lipinski definition) is 3. The van der Waals surface area contributed by atoms with E-state index in [0.29, 0.717) is 5.41 Å². The van der Waals surface area contributed by atoms with Crippen LogP contribution < -0.4 is 5.32 Å². The van der Waals surface area contributed by atoms with E-state index in [4.69, 9.17) is 4.74 Å². The molecule has 0 amide bonds. The molecule has 1 aliphatic heterocycles. The first-order chi connectivity index (χ1) is 6.85. The standard InChI is InChI=1S/C11H21NOS/c1-2-13-6-5-11(3-4-11)9-12-10-7-14-8-10/h10,12H,2-9H2,1H3. The molecule has 0 aromatic heterocycles. The van der Waals surface area contributed by atoms with Crippen molar-refractivity contribution in [3.8, 4) is 0 Å². The number of thioether (sulfide) groups is 1. The lowest BCUT2D eigenvalue weighted by Gasteiger charge is -2.28. The lowest BCUT2D eigenvalue weighted by atomic mass is 10.0. The van der Waals surface area contributed by atoms with Gasteiger partial charge in [0.25, 0.3) is 0 Å². The number of hydrogen-bond donors (Lipinski definition) is 1. The lowest BCUT2D eigenvalue weighted by Crippen LogP contribution is -2.43. The molecule has 0 spiro atoms. The van der Waals surface area contributed by atoms with Crippen LogP contribution in [0.25, 0.3) is 0 Å². The molecular formula is C11H21NOS. The summed E-state index contributed by atoms with van der Waals surface area (Å²) in [4.78, 5) is 0. The summed E-state index contributed by atoms with van der Waals surface area (Å²) in [6, 6.07) is 0.810. The maximum Gasteiger partial charge on any atom is 0.0471 e. The van der Waals surface area contributed by atoms with Crippen LogP contribution in [-0.4, -0.2) is 37.3 Å². The van der Waals surface area contributed by atoms with Gasteiger partial charge in [-0.1, -0.05) is 0 Å². The maximum atomic E-state index is 5.42. The molecule has 0 aromatic carbocycles. The number of rotatable bonds is 7. The highest BCUT2D eigenvalue weighted by molar-refractivity contribution is 8.00. The van der Waals surface area contributed by atoms with Crippen molar-refractivity contribution in [1.82, 2.24) is 5.32 Å². The van der Waals surface area contributed by atoms with Gasteiger partial charge in [-0.3, -0.25) is 0 Å². The molecule has 14 heavy (non-hydrogen) atoms. The summed E-state index contributed by atoms with van der Waals surface area (Å²) in [7, 11) is 0. The Labute approximate surface area is 91.2 Å². The van der Waals surface area contributed by atoms with Gasteiger partial charge in [-0.15, -0.1) is 0 Å². The third-order valence-corrected chi connectivity index (χ3v) is 4.62. The van der Waals surface area contributed by atoms with Crippen molar-refractivity contribution in [2.24, 2.45) is 5.41 Å². The van der Waals surface area contributed by atoms with Crippen LogP contribution in [0.15, 0.2) is 0 Å². The molecule has 0 aromatic rings. The molecule has 1 heterocycles. The quantitative estimate of drug-likeness (QED) is 0.655. The fourth-order valence-electron chi connectivity index (χ4n) is 1.84. The van der Waals surface area contributed by atoms with Crippen molar-refractivity contribution in [1.29, 1.82) is 0 Å². The average molecular weight is 215 g/mol. The lowest BCUT2D eigenvalue weighted by molar-refractivity contribution is 0.127. The molecule has 0 radical (unpaired) electrons. The van der Waals surface area contributed by atoms with Crippen molar-refractivity contribution in [2.75, 3.05) is 31.3 Å². The molecule has 2 nitrogen and oxygen atoms in total. The highest BCUT2D eigenvalue weighted by atomic mass is 32.2. The Balaban J connectivity index is 1.58. The van der Waals surface area contributed by atoms with E-state index in [1.165, 1.54) is 37.3 Å². The first kappa shape index (κ1) is 10.8. The molecule has 0 unspecified atom stereocenters. The number of ether oxygens (including phenoxy) is 1. The zero-order valence-electron chi connectivity index (χ0n) is 9.05. The Hall–Kier alpha value is 0.270. The van der Waals surface area contributed by atoms with E-state index >= 15 is 0 Å². The van der Waals surface area contributed by atoms with Gasteiger partial charge >= 0.3 is 0 Å². The molecule has 0 bridgehead atoms. The van der Waals surface area contributed by atoms with E-state index in [1.807, 2.05) is 0 Å². The van der Waals surface area contributed by atoms with E-state index < -0.39 is 0 Å². The van der Waals surface area contributed by atoms with Gasteiger partial charge in [-0.05, 0) is 31.6 Å². The second-order valence-electron chi connectivity index (χ2n) is 4.56. The molecular weight excluding hydrogens is 194 g/mol. The van der Waals surface area contributed by atoms with Crippen LogP contribution in [0.5, 0.6) is 0 Å². The van der Waals surface area contributed by atoms with E-state index in [0.717, 1.165) is 19.3 Å². The predicted molar refractivity (Wildman–Crippen MR) is 61.9 cm³/mol. The second kappa shape index (κ2) is 4.86. The van der Waals surface area contributed by atoms with E-state index in [9.17, 15) is 0 Å². The molecule has 2 fully saturated rings. The predicted octanol–water partition coefficient (Wildman–Crippen LogP) is 1.90. The van der Waals surface area contributed by atoms with Gasteiger partial charge in [-0.25, -0.2) is 0 Å². The second-order valence-corrected chi connectivity index (χ2v) is 5.64. The van der Waals surface area contributed by atoms with E-state index in [-0.39, 0.29) is 0 Å². The van der Waals surface area contributed by atoms with E-state index in [1.54, 1.807) is 0 Å². The fourth-order valence-corrected chi connectivity index (χ4v) is 2.55. The molecule has 2 rings (SSSR count). The summed E-state index contributed by atoms with van der Waals surface area (Å²) >= 11 is 2.05. The van der Waals surface area contributed by atoms with Crippen LogP contribution in [0.1, 0.15) is 26.2 Å². The van der Waals surface area contributed by atoms with Gasteiger partial charge in [0.2, 0.25) is 0 Å². The Morgan fingerprint density at radius 2 is 2.21 bits per heavy atom. The third kappa shape index (κ3) is 2.88. The molecule has 2 aliphatic rings. The normalized spacial score (nSPS) is 24.6. The van der Waals surface area contributed by atoms with Crippen LogP contribution in [-0.2, 0) is 4.74 Å².